The van der Waals surface area contributed by atoms with Crippen LogP contribution in [0.1, 0.15) is 77.0 Å². The largest absolute Gasteiger partial charge is 0.286 e. The van der Waals surface area contributed by atoms with Crippen molar-refractivity contribution in [3.8, 4) is 0 Å². The van der Waals surface area contributed by atoms with Gasteiger partial charge in [0.15, 0.2) is 0 Å². The smallest absolute Gasteiger partial charge is 0.214 e. The molecule has 0 aromatic heterocycles. The van der Waals surface area contributed by atoms with E-state index in [1.54, 1.807) is 0 Å². The van der Waals surface area contributed by atoms with Crippen molar-refractivity contribution < 1.29 is 50.7 Å². The van der Waals surface area contributed by atoms with Gasteiger partial charge in [-0.25, -0.2) is 54.2 Å². The number of hydrogen-bond acceptors (Lipinski definition) is 16. The van der Waals surface area contributed by atoms with E-state index >= 15 is 0 Å². The zero-order chi connectivity index (χ0) is 39.7. The average molecular weight is 933 g/mol. The summed E-state index contributed by atoms with van der Waals surface area (Å²) in [5.74, 6) is -1.42. The van der Waals surface area contributed by atoms with E-state index in [-0.39, 0.29) is 65.4 Å². The Kier molecular flexibility index (Phi) is 11.9. The maximum atomic E-state index is 13.8. The maximum Gasteiger partial charge on any atom is 0.214 e. The number of nitrogens with one attached hydrogen (secondary N) is 8. The summed E-state index contributed by atoms with van der Waals surface area (Å²) in [5.41, 5.74) is 0. The predicted octanol–water partition coefficient (Wildman–Crippen LogP) is -4.33. The van der Waals surface area contributed by atoms with Crippen molar-refractivity contribution in [2.45, 2.75) is 147 Å². The van der Waals surface area contributed by atoms with Gasteiger partial charge in [-0.3, -0.25) is 42.5 Å². The van der Waals surface area contributed by atoms with Gasteiger partial charge in [-0.15, -0.1) is 0 Å². The van der Waals surface area contributed by atoms with Crippen LogP contribution in [0.5, 0.6) is 0 Å². The van der Waals surface area contributed by atoms with Gasteiger partial charge in [0.05, 0.1) is 49.3 Å². The summed E-state index contributed by atoms with van der Waals surface area (Å²) >= 11 is 0. The normalized spacial score (nSPS) is 50.2. The first-order valence-corrected chi connectivity index (χ1v) is 26.9. The van der Waals surface area contributed by atoms with E-state index in [0.717, 1.165) is 64.2 Å². The van der Waals surface area contributed by atoms with Gasteiger partial charge in [-0.2, -0.15) is 0 Å². The van der Waals surface area contributed by atoms with Gasteiger partial charge in [-0.1, -0.05) is 38.5 Å². The minimum atomic E-state index is -5.15. The van der Waals surface area contributed by atoms with Gasteiger partial charge in [0.1, 0.15) is 21.0 Å². The van der Waals surface area contributed by atoms with E-state index < -0.39 is 97.6 Å². The molecule has 9 fully saturated rings. The molecule has 0 aromatic rings. The monoisotopic (exact) mass is 931 g/mol. The Bertz CT molecular complexity index is 1850. The molecule has 4 saturated carbocycles. The Morgan fingerprint density at radius 1 is 0.298 bits per heavy atom. The minimum Gasteiger partial charge on any atom is -0.286 e. The zero-order valence-corrected chi connectivity index (χ0v) is 35.7. The van der Waals surface area contributed by atoms with Gasteiger partial charge in [0, 0.05) is 28.9 Å². The van der Waals surface area contributed by atoms with Gasteiger partial charge < -0.3 is 0 Å². The molecule has 331 valence electrons. The summed E-state index contributed by atoms with van der Waals surface area (Å²) in [6.07, 6.45) is 9.14. The number of sulfonamides is 4. The molecule has 25 heteroatoms. The molecule has 4 aliphatic carbocycles. The molecule has 5 heterocycles. The first kappa shape index (κ1) is 43.5. The van der Waals surface area contributed by atoms with Gasteiger partial charge in [0.25, 0.3) is 0 Å². The molecule has 20 atom stereocenters. The SMILES string of the molecule is NS(=O)(=O)C1C2C3NC4NC(NC5NC(NC6NC(NC(N3)C2C(S(N)(=O)=O)C(S(N)(=O)=O)C1S(N)(=O)=O)C1CCCCC61)C1CCCCC51)C1CCCCC41.[Cu]. The summed E-state index contributed by atoms with van der Waals surface area (Å²) in [4.78, 5) is 0. The molecule has 16 N–H and O–H groups in total. The third kappa shape index (κ3) is 7.72. The summed E-state index contributed by atoms with van der Waals surface area (Å²) in [7, 11) is -20.2. The van der Waals surface area contributed by atoms with Gasteiger partial charge in [0.2, 0.25) is 40.1 Å². The second-order valence-corrected chi connectivity index (χ2v) is 25.2. The molecule has 0 amide bonds. The van der Waals surface area contributed by atoms with Crippen molar-refractivity contribution in [3.63, 3.8) is 0 Å². The topological polar surface area (TPSA) is 337 Å². The minimum absolute atomic E-state index is 0. The van der Waals surface area contributed by atoms with Crippen LogP contribution in [0.3, 0.4) is 0 Å². The first-order chi connectivity index (χ1) is 26.3. The van der Waals surface area contributed by atoms with Crippen molar-refractivity contribution in [3.05, 3.63) is 0 Å². The number of hydrogen-bond donors (Lipinski definition) is 12. The standard InChI is InChI=1S/C32H60N12O8S4.Cu/c33-53(45,46)21-19-20(22(54(34,47)48)24(56(36,51)52)23(21)55(35,49)50)32-43-30-18-12-6-4-10-16(18)28(41-30)39-26-14-8-2-1-7-13(14)25(37-26)38-27-15-9-3-5-11-17(15)29(40-27)42-31(19)44-32;/h13-32,37-44H,1-12H2,(H2,33,45,46)(H2,34,47,48)(H2,35,49,50)(H2,36,51,52);. The average Bonchev–Trinajstić information content (AvgIpc) is 3.84. The zero-order valence-electron chi connectivity index (χ0n) is 31.5. The van der Waals surface area contributed by atoms with E-state index in [4.69, 9.17) is 20.6 Å². The fraction of sp³-hybridized carbons (Fsp3) is 1.00. The quantitative estimate of drug-likeness (QED) is 0.119. The van der Waals surface area contributed by atoms with Gasteiger partial charge >= 0.3 is 0 Å². The van der Waals surface area contributed by atoms with Crippen molar-refractivity contribution in [1.29, 1.82) is 0 Å². The molecular formula is C32H60CuN12O8S4. The Hall–Kier alpha value is -0.161. The van der Waals surface area contributed by atoms with E-state index in [0.29, 0.717) is 11.8 Å². The predicted molar refractivity (Wildman–Crippen MR) is 206 cm³/mol. The summed E-state index contributed by atoms with van der Waals surface area (Å²) in [6.45, 7) is 0. The maximum absolute atomic E-state index is 13.8. The van der Waals surface area contributed by atoms with Crippen molar-refractivity contribution in [2.24, 2.45) is 67.9 Å². The summed E-state index contributed by atoms with van der Waals surface area (Å²) in [6, 6.07) is 0. The van der Waals surface area contributed by atoms with E-state index in [2.05, 4.69) is 42.5 Å². The van der Waals surface area contributed by atoms with Crippen LogP contribution in [-0.2, 0) is 57.2 Å². The summed E-state index contributed by atoms with van der Waals surface area (Å²) in [5, 5.41) is 43.8. The van der Waals surface area contributed by atoms with E-state index in [1.807, 2.05) is 0 Å². The van der Waals surface area contributed by atoms with Crippen LogP contribution in [0.15, 0.2) is 0 Å². The Balaban J connectivity index is 0.00000455. The van der Waals surface area contributed by atoms with Crippen LogP contribution in [-0.4, -0.2) is 104 Å². The van der Waals surface area contributed by atoms with E-state index in [1.165, 1.54) is 12.8 Å². The van der Waals surface area contributed by atoms with Crippen molar-refractivity contribution in [1.82, 2.24) is 42.5 Å². The molecule has 0 aromatic carbocycles. The molecule has 5 aliphatic heterocycles. The molecule has 0 spiro atoms. The Morgan fingerprint density at radius 2 is 0.474 bits per heavy atom. The van der Waals surface area contributed by atoms with Crippen LogP contribution in [0.25, 0.3) is 0 Å². The first-order valence-electron chi connectivity index (χ1n) is 20.5. The number of primary sulfonamides is 4. The van der Waals surface area contributed by atoms with Gasteiger partial charge in [-0.05, 0) is 74.0 Å². The number of fused-ring (bicyclic) bond motifs is 20. The number of rotatable bonds is 4. The van der Waals surface area contributed by atoms with Crippen LogP contribution >= 0.6 is 0 Å². The molecule has 9 rings (SSSR count). The second-order valence-electron chi connectivity index (χ2n) is 18.4. The number of nitrogens with two attached hydrogens (primary N) is 4. The fourth-order valence-corrected chi connectivity index (χ4v) is 21.4. The molecule has 9 aliphatic rings. The molecule has 20 unspecified atom stereocenters. The van der Waals surface area contributed by atoms with Crippen LogP contribution in [0.2, 0.25) is 0 Å². The second kappa shape index (κ2) is 15.6. The van der Waals surface area contributed by atoms with E-state index in [9.17, 15) is 33.7 Å². The fourth-order valence-electron chi connectivity index (χ4n) is 13.5. The molecule has 57 heavy (non-hydrogen) atoms. The Labute approximate surface area is 346 Å². The van der Waals surface area contributed by atoms with Crippen LogP contribution in [0.4, 0.5) is 0 Å². The van der Waals surface area contributed by atoms with Crippen LogP contribution < -0.4 is 63.1 Å². The molecule has 8 bridgehead atoms. The van der Waals surface area contributed by atoms with Crippen molar-refractivity contribution in [2.75, 3.05) is 0 Å². The van der Waals surface area contributed by atoms with Crippen molar-refractivity contribution >= 4 is 40.1 Å². The molecule has 20 nitrogen and oxygen atoms in total. The molecule has 5 saturated heterocycles. The summed E-state index contributed by atoms with van der Waals surface area (Å²) < 4.78 is 109. The van der Waals surface area contributed by atoms with Crippen LogP contribution in [0, 0.1) is 47.3 Å². The third-order valence-corrected chi connectivity index (χ3v) is 21.5. The molecule has 1 radical (unpaired) electrons. The third-order valence-electron chi connectivity index (χ3n) is 15.5. The Morgan fingerprint density at radius 3 is 0.667 bits per heavy atom. The molecular weight excluding hydrogens is 872 g/mol.